The van der Waals surface area contributed by atoms with Gasteiger partial charge in [-0.05, 0) is 31.2 Å². The first-order valence-electron chi connectivity index (χ1n) is 8.47. The number of methoxy groups -OCH3 is 1. The molecule has 0 saturated heterocycles. The van der Waals surface area contributed by atoms with Gasteiger partial charge in [0, 0.05) is 24.3 Å². The summed E-state index contributed by atoms with van der Waals surface area (Å²) in [7, 11) is 1.53. The second-order valence-corrected chi connectivity index (χ2v) is 5.61. The molecule has 0 unspecified atom stereocenters. The number of carbonyl (C=O) groups is 2. The lowest BCUT2D eigenvalue weighted by Gasteiger charge is -2.11. The van der Waals surface area contributed by atoms with Gasteiger partial charge < -0.3 is 19.5 Å². The number of hydrogen-bond acceptors (Lipinski definition) is 5. The van der Waals surface area contributed by atoms with Crippen LogP contribution in [0.3, 0.4) is 0 Å². The predicted octanol–water partition coefficient (Wildman–Crippen LogP) is 2.84. The Hall–Kier alpha value is -2.93. The Morgan fingerprint density at radius 3 is 2.59 bits per heavy atom. The normalized spacial score (nSPS) is 10.3. The van der Waals surface area contributed by atoms with E-state index >= 15 is 0 Å². The Bertz CT molecular complexity index is 794. The summed E-state index contributed by atoms with van der Waals surface area (Å²) < 4.78 is 29.1. The zero-order chi connectivity index (χ0) is 19.6. The molecule has 0 aliphatic heterocycles. The number of nitrogens with one attached hydrogen (secondary N) is 1. The van der Waals surface area contributed by atoms with Crippen molar-refractivity contribution in [3.63, 3.8) is 0 Å². The van der Waals surface area contributed by atoms with Crippen molar-refractivity contribution < 1.29 is 28.2 Å². The van der Waals surface area contributed by atoms with E-state index in [0.29, 0.717) is 30.1 Å². The average Bonchev–Trinajstić information content (AvgIpc) is 2.69. The van der Waals surface area contributed by atoms with Crippen molar-refractivity contribution in [2.24, 2.45) is 0 Å². The fourth-order valence-corrected chi connectivity index (χ4v) is 2.33. The third-order valence-corrected chi connectivity index (χ3v) is 3.75. The third-order valence-electron chi connectivity index (χ3n) is 3.75. The monoisotopic (exact) mass is 375 g/mol. The van der Waals surface area contributed by atoms with Gasteiger partial charge in [-0.1, -0.05) is 18.2 Å². The first-order valence-corrected chi connectivity index (χ1v) is 8.47. The first kappa shape index (κ1) is 20.4. The van der Waals surface area contributed by atoms with Crippen LogP contribution in [0.25, 0.3) is 0 Å². The van der Waals surface area contributed by atoms with E-state index in [0.717, 1.165) is 0 Å². The van der Waals surface area contributed by atoms with Crippen molar-refractivity contribution in [2.75, 3.05) is 20.3 Å². The number of carbonyl (C=O) groups excluding carboxylic acids is 2. The number of esters is 1. The number of halogens is 1. The number of hydrogen-bond donors (Lipinski definition) is 1. The molecule has 0 spiro atoms. The number of amides is 1. The topological polar surface area (TPSA) is 73.9 Å². The Balaban J connectivity index is 1.89. The molecule has 0 aliphatic rings. The molecule has 2 aromatic rings. The molecule has 0 saturated carbocycles. The molecule has 0 aliphatic carbocycles. The first-order chi connectivity index (χ1) is 13.0. The van der Waals surface area contributed by atoms with Crippen molar-refractivity contribution >= 4 is 11.9 Å². The van der Waals surface area contributed by atoms with E-state index in [1.807, 2.05) is 6.92 Å². The molecule has 1 amide bonds. The molecule has 1 N–H and O–H groups in total. The molecule has 0 aromatic heterocycles. The minimum atomic E-state index is -0.642. The lowest BCUT2D eigenvalue weighted by Crippen LogP contribution is -2.28. The van der Waals surface area contributed by atoms with Crippen LogP contribution in [-0.2, 0) is 27.4 Å². The Kier molecular flexibility index (Phi) is 7.76. The maximum Gasteiger partial charge on any atom is 0.338 e. The van der Waals surface area contributed by atoms with E-state index in [4.69, 9.17) is 14.2 Å². The zero-order valence-electron chi connectivity index (χ0n) is 15.3. The Labute approximate surface area is 157 Å². The van der Waals surface area contributed by atoms with Crippen LogP contribution in [0.2, 0.25) is 0 Å². The van der Waals surface area contributed by atoms with Gasteiger partial charge in [0.1, 0.15) is 11.6 Å². The van der Waals surface area contributed by atoms with Crippen LogP contribution >= 0.6 is 0 Å². The molecule has 0 heterocycles. The van der Waals surface area contributed by atoms with E-state index in [9.17, 15) is 14.0 Å². The van der Waals surface area contributed by atoms with Gasteiger partial charge in [0.25, 0.3) is 5.91 Å². The highest BCUT2D eigenvalue weighted by Gasteiger charge is 2.13. The highest BCUT2D eigenvalue weighted by molar-refractivity contribution is 5.91. The smallest absolute Gasteiger partial charge is 0.338 e. The van der Waals surface area contributed by atoms with Crippen molar-refractivity contribution in [3.05, 3.63) is 65.0 Å². The van der Waals surface area contributed by atoms with Crippen LogP contribution in [-0.4, -0.2) is 32.2 Å². The quantitative estimate of drug-likeness (QED) is 0.682. The van der Waals surface area contributed by atoms with Gasteiger partial charge >= 0.3 is 5.97 Å². The SMILES string of the molecule is CCOCc1cc(C(=O)OCC(=O)NCc2ccccc2F)ccc1OC. The lowest BCUT2D eigenvalue weighted by molar-refractivity contribution is -0.124. The molecule has 2 aromatic carbocycles. The van der Waals surface area contributed by atoms with Crippen molar-refractivity contribution in [3.8, 4) is 5.75 Å². The standard InChI is InChI=1S/C20H22FNO5/c1-3-26-12-16-10-14(8-9-18(16)25-2)20(24)27-13-19(23)22-11-15-6-4-5-7-17(15)21/h4-10H,3,11-13H2,1-2H3,(H,22,23). The van der Waals surface area contributed by atoms with Gasteiger partial charge in [-0.15, -0.1) is 0 Å². The van der Waals surface area contributed by atoms with Crippen LogP contribution in [0.4, 0.5) is 4.39 Å². The lowest BCUT2D eigenvalue weighted by atomic mass is 10.1. The summed E-state index contributed by atoms with van der Waals surface area (Å²) in [5.41, 5.74) is 1.35. The van der Waals surface area contributed by atoms with Crippen LogP contribution < -0.4 is 10.1 Å². The zero-order valence-corrected chi connectivity index (χ0v) is 15.3. The number of rotatable bonds is 9. The van der Waals surface area contributed by atoms with E-state index in [-0.39, 0.29) is 12.1 Å². The summed E-state index contributed by atoms with van der Waals surface area (Å²) in [5, 5.41) is 2.51. The van der Waals surface area contributed by atoms with Crippen molar-refractivity contribution in [1.29, 1.82) is 0 Å². The fraction of sp³-hybridized carbons (Fsp3) is 0.300. The summed E-state index contributed by atoms with van der Waals surface area (Å²) in [5.74, 6) is -0.969. The van der Waals surface area contributed by atoms with Crippen LogP contribution in [0.5, 0.6) is 5.75 Å². The van der Waals surface area contributed by atoms with Crippen molar-refractivity contribution in [2.45, 2.75) is 20.1 Å². The molecule has 0 atom stereocenters. The summed E-state index contributed by atoms with van der Waals surface area (Å²) in [4.78, 5) is 24.0. The molecule has 144 valence electrons. The second-order valence-electron chi connectivity index (χ2n) is 5.61. The molecular weight excluding hydrogens is 353 g/mol. The highest BCUT2D eigenvalue weighted by Crippen LogP contribution is 2.21. The molecule has 0 fully saturated rings. The van der Waals surface area contributed by atoms with E-state index in [1.165, 1.54) is 13.2 Å². The second kappa shape index (κ2) is 10.3. The molecule has 7 heteroatoms. The van der Waals surface area contributed by atoms with Gasteiger partial charge in [-0.3, -0.25) is 4.79 Å². The predicted molar refractivity (Wildman–Crippen MR) is 96.9 cm³/mol. The molecule has 0 radical (unpaired) electrons. The van der Waals surface area contributed by atoms with Gasteiger partial charge in [0.05, 0.1) is 19.3 Å². The maximum absolute atomic E-state index is 13.5. The van der Waals surface area contributed by atoms with Gasteiger partial charge in [-0.25, -0.2) is 9.18 Å². The van der Waals surface area contributed by atoms with Gasteiger partial charge in [-0.2, -0.15) is 0 Å². The van der Waals surface area contributed by atoms with E-state index in [2.05, 4.69) is 5.32 Å². The highest BCUT2D eigenvalue weighted by atomic mass is 19.1. The van der Waals surface area contributed by atoms with Crippen LogP contribution in [0.1, 0.15) is 28.4 Å². The Morgan fingerprint density at radius 1 is 1.11 bits per heavy atom. The minimum absolute atomic E-state index is 0.0180. The number of ether oxygens (including phenoxy) is 3. The summed E-state index contributed by atoms with van der Waals surface area (Å²) in [6.07, 6.45) is 0. The summed E-state index contributed by atoms with van der Waals surface area (Å²) >= 11 is 0. The maximum atomic E-state index is 13.5. The molecular formula is C20H22FNO5. The average molecular weight is 375 g/mol. The number of benzene rings is 2. The largest absolute Gasteiger partial charge is 0.496 e. The van der Waals surface area contributed by atoms with Crippen molar-refractivity contribution in [1.82, 2.24) is 5.32 Å². The molecule has 0 bridgehead atoms. The van der Waals surface area contributed by atoms with E-state index in [1.54, 1.807) is 36.4 Å². The van der Waals surface area contributed by atoms with E-state index < -0.39 is 24.3 Å². The van der Waals surface area contributed by atoms with Gasteiger partial charge in [0.2, 0.25) is 0 Å². The van der Waals surface area contributed by atoms with Crippen LogP contribution in [0, 0.1) is 5.82 Å². The summed E-state index contributed by atoms with van der Waals surface area (Å²) in [6.45, 7) is 2.25. The molecule has 6 nitrogen and oxygen atoms in total. The van der Waals surface area contributed by atoms with Crippen LogP contribution in [0.15, 0.2) is 42.5 Å². The molecule has 2 rings (SSSR count). The molecule has 27 heavy (non-hydrogen) atoms. The minimum Gasteiger partial charge on any atom is -0.496 e. The fourth-order valence-electron chi connectivity index (χ4n) is 2.33. The Morgan fingerprint density at radius 2 is 1.89 bits per heavy atom. The summed E-state index contributed by atoms with van der Waals surface area (Å²) in [6, 6.07) is 10.9. The van der Waals surface area contributed by atoms with Gasteiger partial charge in [0.15, 0.2) is 6.61 Å². The third kappa shape index (κ3) is 6.07.